The van der Waals surface area contributed by atoms with Crippen LogP contribution in [0, 0.1) is 0 Å². The van der Waals surface area contributed by atoms with Gasteiger partial charge in [0.25, 0.3) is 0 Å². The fraction of sp³-hybridized carbons (Fsp3) is 0.182. The minimum absolute atomic E-state index is 0.108. The van der Waals surface area contributed by atoms with Crippen molar-refractivity contribution in [2.24, 2.45) is 0 Å². The van der Waals surface area contributed by atoms with E-state index in [0.717, 1.165) is 0 Å². The first-order valence-corrected chi connectivity index (χ1v) is 6.69. The monoisotopic (exact) mass is 301 g/mol. The molecule has 1 aliphatic heterocycles. The first kappa shape index (κ1) is 13.3. The number of amides is 1. The van der Waals surface area contributed by atoms with E-state index in [9.17, 15) is 9.59 Å². The molecule has 0 aromatic heterocycles. The number of carbonyl (C=O) groups excluding carboxylic acids is 2. The predicted octanol–water partition coefficient (Wildman–Crippen LogP) is 2.49. The lowest BCUT2D eigenvalue weighted by molar-refractivity contribution is -0.115. The number of benzene rings is 1. The zero-order valence-corrected chi connectivity index (χ0v) is 11.7. The first-order chi connectivity index (χ1) is 8.54. The van der Waals surface area contributed by atoms with E-state index in [0.29, 0.717) is 15.8 Å². The van der Waals surface area contributed by atoms with E-state index in [1.54, 1.807) is 12.1 Å². The lowest BCUT2D eigenvalue weighted by Gasteiger charge is -2.16. The molecule has 1 saturated heterocycles. The van der Waals surface area contributed by atoms with E-state index in [2.05, 4.69) is 4.74 Å². The minimum atomic E-state index is -0.549. The maximum Gasteiger partial charge on any atom is 0.339 e. The van der Waals surface area contributed by atoms with Crippen LogP contribution in [-0.4, -0.2) is 29.1 Å². The maximum atomic E-state index is 11.7. The second kappa shape index (κ2) is 5.26. The van der Waals surface area contributed by atoms with Crippen molar-refractivity contribution in [3.8, 4) is 0 Å². The lowest BCUT2D eigenvalue weighted by Crippen LogP contribution is -2.28. The van der Waals surface area contributed by atoms with Crippen LogP contribution in [0.3, 0.4) is 0 Å². The van der Waals surface area contributed by atoms with E-state index in [1.165, 1.54) is 29.8 Å². The number of ether oxygens (including phenoxy) is 1. The van der Waals surface area contributed by atoms with Gasteiger partial charge in [-0.1, -0.05) is 35.6 Å². The van der Waals surface area contributed by atoms with Crippen LogP contribution >= 0.6 is 35.6 Å². The summed E-state index contributed by atoms with van der Waals surface area (Å²) in [6, 6.07) is 4.69. The van der Waals surface area contributed by atoms with Crippen molar-refractivity contribution in [3.63, 3.8) is 0 Å². The Labute approximate surface area is 118 Å². The van der Waals surface area contributed by atoms with Gasteiger partial charge in [-0.3, -0.25) is 9.69 Å². The number of halogens is 1. The summed E-state index contributed by atoms with van der Waals surface area (Å²) in [5, 5.41) is 0.274. The largest absolute Gasteiger partial charge is 0.465 e. The molecule has 0 radical (unpaired) electrons. The van der Waals surface area contributed by atoms with E-state index >= 15 is 0 Å². The van der Waals surface area contributed by atoms with Crippen molar-refractivity contribution in [1.29, 1.82) is 0 Å². The zero-order valence-electron chi connectivity index (χ0n) is 9.31. The normalized spacial score (nSPS) is 15.1. The Morgan fingerprint density at radius 3 is 2.83 bits per heavy atom. The van der Waals surface area contributed by atoms with Crippen LogP contribution in [0.1, 0.15) is 10.4 Å². The number of anilines is 1. The van der Waals surface area contributed by atoms with Crippen LogP contribution in [0.2, 0.25) is 5.02 Å². The van der Waals surface area contributed by atoms with E-state index in [-0.39, 0.29) is 16.5 Å². The Balaban J connectivity index is 2.44. The molecule has 1 aromatic rings. The molecule has 0 saturated carbocycles. The molecular formula is C11H8ClNO3S2. The molecule has 0 aliphatic carbocycles. The average Bonchev–Trinajstić information content (AvgIpc) is 2.69. The van der Waals surface area contributed by atoms with Crippen LogP contribution in [0.5, 0.6) is 0 Å². The third-order valence-electron chi connectivity index (χ3n) is 2.36. The molecule has 0 spiro atoms. The highest BCUT2D eigenvalue weighted by molar-refractivity contribution is 8.24. The van der Waals surface area contributed by atoms with Gasteiger partial charge in [0.1, 0.15) is 4.32 Å². The minimum Gasteiger partial charge on any atom is -0.465 e. The van der Waals surface area contributed by atoms with Gasteiger partial charge < -0.3 is 4.74 Å². The number of nitrogens with zero attached hydrogens (tertiary/aromatic N) is 1. The fourth-order valence-corrected chi connectivity index (χ4v) is 2.81. The van der Waals surface area contributed by atoms with E-state index in [1.807, 2.05) is 0 Å². The Hall–Kier alpha value is -1.11. The van der Waals surface area contributed by atoms with Gasteiger partial charge in [-0.25, -0.2) is 4.79 Å². The molecule has 1 aliphatic rings. The third kappa shape index (κ3) is 2.36. The van der Waals surface area contributed by atoms with Crippen molar-refractivity contribution in [3.05, 3.63) is 28.8 Å². The van der Waals surface area contributed by atoms with Gasteiger partial charge in [0.2, 0.25) is 5.91 Å². The summed E-state index contributed by atoms with van der Waals surface area (Å²) < 4.78 is 5.09. The fourth-order valence-electron chi connectivity index (χ4n) is 1.52. The number of hydrogen-bond acceptors (Lipinski definition) is 5. The molecular weight excluding hydrogens is 294 g/mol. The highest BCUT2D eigenvalue weighted by Gasteiger charge is 2.29. The second-order valence-electron chi connectivity index (χ2n) is 3.44. The van der Waals surface area contributed by atoms with Gasteiger partial charge >= 0.3 is 5.97 Å². The topological polar surface area (TPSA) is 46.6 Å². The summed E-state index contributed by atoms with van der Waals surface area (Å²) in [6.45, 7) is 0. The highest BCUT2D eigenvalue weighted by Crippen LogP contribution is 2.30. The highest BCUT2D eigenvalue weighted by atomic mass is 35.5. The van der Waals surface area contributed by atoms with Crippen LogP contribution < -0.4 is 4.90 Å². The summed E-state index contributed by atoms with van der Waals surface area (Å²) in [6.07, 6.45) is 0. The summed E-state index contributed by atoms with van der Waals surface area (Å²) in [5.41, 5.74) is 0.740. The predicted molar refractivity (Wildman–Crippen MR) is 75.3 cm³/mol. The quantitative estimate of drug-likeness (QED) is 0.620. The van der Waals surface area contributed by atoms with E-state index in [4.69, 9.17) is 23.8 Å². The number of methoxy groups -OCH3 is 1. The van der Waals surface area contributed by atoms with Gasteiger partial charge in [0.15, 0.2) is 0 Å². The third-order valence-corrected chi connectivity index (χ3v) is 4.05. The smallest absolute Gasteiger partial charge is 0.339 e. The van der Waals surface area contributed by atoms with Crippen molar-refractivity contribution in [2.45, 2.75) is 0 Å². The van der Waals surface area contributed by atoms with Gasteiger partial charge in [-0.05, 0) is 18.2 Å². The molecule has 1 heterocycles. The molecule has 1 aromatic carbocycles. The SMILES string of the molecule is COC(=O)c1cc(N2C(=O)CSC2=S)ccc1Cl. The van der Waals surface area contributed by atoms with E-state index < -0.39 is 5.97 Å². The molecule has 1 fully saturated rings. The number of thioether (sulfide) groups is 1. The standard InChI is InChI=1S/C11H8ClNO3S2/c1-16-10(15)7-4-6(2-3-8(7)12)13-9(14)5-18-11(13)17/h2-4H,5H2,1H3. The van der Waals surface area contributed by atoms with Crippen molar-refractivity contribution in [2.75, 3.05) is 17.8 Å². The molecule has 18 heavy (non-hydrogen) atoms. The summed E-state index contributed by atoms with van der Waals surface area (Å²) in [4.78, 5) is 24.6. The van der Waals surface area contributed by atoms with Crippen LogP contribution in [0.15, 0.2) is 18.2 Å². The molecule has 0 N–H and O–H groups in total. The Kier molecular flexibility index (Phi) is 3.89. The molecule has 0 bridgehead atoms. The number of rotatable bonds is 2. The molecule has 94 valence electrons. The van der Waals surface area contributed by atoms with Gasteiger partial charge in [-0.15, -0.1) is 0 Å². The number of hydrogen-bond donors (Lipinski definition) is 0. The summed E-state index contributed by atoms with van der Waals surface area (Å²) in [5.74, 6) is -0.343. The van der Waals surface area contributed by atoms with Crippen molar-refractivity contribution >= 4 is 57.5 Å². The average molecular weight is 302 g/mol. The molecule has 4 nitrogen and oxygen atoms in total. The Bertz CT molecular complexity index is 531. The molecule has 2 rings (SSSR count). The molecule has 1 amide bonds. The Morgan fingerprint density at radius 2 is 2.28 bits per heavy atom. The second-order valence-corrected chi connectivity index (χ2v) is 5.46. The van der Waals surface area contributed by atoms with Crippen molar-refractivity contribution < 1.29 is 14.3 Å². The lowest BCUT2D eigenvalue weighted by atomic mass is 10.2. The number of esters is 1. The number of thiocarbonyl (C=S) groups is 1. The van der Waals surface area contributed by atoms with Crippen LogP contribution in [0.4, 0.5) is 5.69 Å². The number of carbonyl (C=O) groups is 2. The van der Waals surface area contributed by atoms with Crippen molar-refractivity contribution in [1.82, 2.24) is 0 Å². The molecule has 7 heteroatoms. The first-order valence-electron chi connectivity index (χ1n) is 4.92. The van der Waals surface area contributed by atoms with Gasteiger partial charge in [0.05, 0.1) is 29.1 Å². The van der Waals surface area contributed by atoms with Crippen LogP contribution in [-0.2, 0) is 9.53 Å². The molecule has 0 unspecified atom stereocenters. The van der Waals surface area contributed by atoms with Gasteiger partial charge in [-0.2, -0.15) is 0 Å². The zero-order chi connectivity index (χ0) is 13.3. The summed E-state index contributed by atoms with van der Waals surface area (Å²) in [7, 11) is 1.27. The maximum absolute atomic E-state index is 11.7. The summed E-state index contributed by atoms with van der Waals surface area (Å²) >= 11 is 12.3. The molecule has 0 atom stereocenters. The van der Waals surface area contributed by atoms with Gasteiger partial charge in [0, 0.05) is 0 Å². The van der Waals surface area contributed by atoms with Crippen LogP contribution in [0.25, 0.3) is 0 Å². The Morgan fingerprint density at radius 1 is 1.56 bits per heavy atom.